The lowest BCUT2D eigenvalue weighted by atomic mass is 10.2. The minimum atomic E-state index is -0.452. The van der Waals surface area contributed by atoms with E-state index in [1.165, 1.54) is 18.6 Å². The van der Waals surface area contributed by atoms with Gasteiger partial charge in [-0.15, -0.1) is 10.2 Å². The van der Waals surface area contributed by atoms with Gasteiger partial charge in [-0.05, 0) is 30.6 Å². The summed E-state index contributed by atoms with van der Waals surface area (Å²) < 4.78 is 1.85. The lowest BCUT2D eigenvalue weighted by Crippen LogP contribution is -2.39. The third-order valence-electron chi connectivity index (χ3n) is 3.80. The molecule has 0 bridgehead atoms. The number of amides is 2. The van der Waals surface area contributed by atoms with Crippen LogP contribution in [0.2, 0.25) is 0 Å². The van der Waals surface area contributed by atoms with E-state index in [4.69, 9.17) is 0 Å². The molecule has 3 heterocycles. The van der Waals surface area contributed by atoms with Crippen molar-refractivity contribution in [1.29, 1.82) is 0 Å². The molecule has 140 valence electrons. The molecule has 2 N–H and O–H groups in total. The van der Waals surface area contributed by atoms with E-state index in [-0.39, 0.29) is 24.2 Å². The monoisotopic (exact) mass is 385 g/mol. The van der Waals surface area contributed by atoms with Crippen LogP contribution in [0, 0.1) is 0 Å². The van der Waals surface area contributed by atoms with E-state index in [1.807, 2.05) is 35.1 Å². The van der Waals surface area contributed by atoms with Crippen molar-refractivity contribution in [1.82, 2.24) is 35.2 Å². The van der Waals surface area contributed by atoms with Crippen LogP contribution < -0.4 is 10.6 Å². The first-order valence-electron chi connectivity index (χ1n) is 8.31. The molecule has 0 aliphatic heterocycles. The Balaban J connectivity index is 1.65. The summed E-state index contributed by atoms with van der Waals surface area (Å²) in [4.78, 5) is 32.1. The molecule has 0 aliphatic rings. The molecule has 0 spiro atoms. The van der Waals surface area contributed by atoms with Crippen molar-refractivity contribution in [2.24, 2.45) is 0 Å². The quantitative estimate of drug-likeness (QED) is 0.591. The third-order valence-corrected chi connectivity index (χ3v) is 4.45. The van der Waals surface area contributed by atoms with Gasteiger partial charge in [-0.25, -0.2) is 4.98 Å². The molecule has 9 nitrogen and oxygen atoms in total. The summed E-state index contributed by atoms with van der Waals surface area (Å²) >= 11 is 1.68. The van der Waals surface area contributed by atoms with Crippen LogP contribution in [0.4, 0.5) is 0 Å². The Bertz CT molecular complexity index is 916. The van der Waals surface area contributed by atoms with E-state index >= 15 is 0 Å². The smallest absolute Gasteiger partial charge is 0.271 e. The van der Waals surface area contributed by atoms with Gasteiger partial charge in [0, 0.05) is 18.6 Å². The van der Waals surface area contributed by atoms with Gasteiger partial charge < -0.3 is 10.6 Å². The third kappa shape index (κ3) is 4.79. The van der Waals surface area contributed by atoms with Gasteiger partial charge in [-0.2, -0.15) is 11.8 Å². The van der Waals surface area contributed by atoms with Crippen molar-refractivity contribution >= 4 is 29.2 Å². The van der Waals surface area contributed by atoms with E-state index in [0.717, 1.165) is 5.75 Å². The number of carbonyl (C=O) groups is 2. The number of nitrogens with one attached hydrogen (secondary N) is 2. The van der Waals surface area contributed by atoms with Gasteiger partial charge in [-0.3, -0.25) is 19.0 Å². The number of aromatic nitrogens is 5. The maximum Gasteiger partial charge on any atom is 0.271 e. The topological polar surface area (TPSA) is 114 Å². The molecule has 3 rings (SSSR count). The Morgan fingerprint density at radius 3 is 2.93 bits per heavy atom. The molecule has 0 saturated carbocycles. The van der Waals surface area contributed by atoms with Crippen LogP contribution in [0.1, 0.15) is 28.8 Å². The summed E-state index contributed by atoms with van der Waals surface area (Å²) in [5.74, 6) is 0.740. The molecule has 0 aromatic carbocycles. The number of hydrogen-bond acceptors (Lipinski definition) is 7. The van der Waals surface area contributed by atoms with E-state index in [2.05, 4.69) is 30.8 Å². The van der Waals surface area contributed by atoms with Crippen molar-refractivity contribution < 1.29 is 9.59 Å². The SMILES string of the molecule is CSCC[C@H](NC(=O)CNC(=O)c1cnccn1)c1nnc2ccccn12. The van der Waals surface area contributed by atoms with Crippen LogP contribution in [0.5, 0.6) is 0 Å². The Morgan fingerprint density at radius 2 is 2.15 bits per heavy atom. The maximum absolute atomic E-state index is 12.4. The highest BCUT2D eigenvalue weighted by atomic mass is 32.2. The predicted molar refractivity (Wildman–Crippen MR) is 101 cm³/mol. The summed E-state index contributed by atoms with van der Waals surface area (Å²) in [6, 6.07) is 5.31. The van der Waals surface area contributed by atoms with Gasteiger partial charge >= 0.3 is 0 Å². The summed E-state index contributed by atoms with van der Waals surface area (Å²) in [6.45, 7) is -0.165. The second-order valence-electron chi connectivity index (χ2n) is 5.66. The molecule has 2 amide bonds. The normalized spacial score (nSPS) is 11.9. The summed E-state index contributed by atoms with van der Waals surface area (Å²) in [5, 5.41) is 13.8. The second-order valence-corrected chi connectivity index (χ2v) is 6.65. The van der Waals surface area contributed by atoms with Crippen molar-refractivity contribution in [2.45, 2.75) is 12.5 Å². The fourth-order valence-corrected chi connectivity index (χ4v) is 2.98. The average Bonchev–Trinajstić information content (AvgIpc) is 3.14. The van der Waals surface area contributed by atoms with Gasteiger partial charge in [0.25, 0.3) is 5.91 Å². The van der Waals surface area contributed by atoms with Crippen LogP contribution in [-0.2, 0) is 4.79 Å². The number of thioether (sulfide) groups is 1. The summed E-state index contributed by atoms with van der Waals surface area (Å²) in [5.41, 5.74) is 0.875. The molecule has 0 unspecified atom stereocenters. The zero-order chi connectivity index (χ0) is 19.1. The standard InChI is InChI=1S/C17H19N7O2S/c1-27-9-5-12(16-23-22-14-4-2-3-8-24(14)16)21-15(25)11-20-17(26)13-10-18-6-7-19-13/h2-4,6-8,10,12H,5,9,11H2,1H3,(H,20,26)(H,21,25)/t12-/m0/s1. The van der Waals surface area contributed by atoms with Crippen molar-refractivity contribution in [3.8, 4) is 0 Å². The number of carbonyl (C=O) groups excluding carboxylic acids is 2. The molecular formula is C17H19N7O2S. The number of rotatable bonds is 8. The van der Waals surface area contributed by atoms with Gasteiger partial charge in [0.1, 0.15) is 5.69 Å². The molecule has 0 radical (unpaired) electrons. The first-order chi connectivity index (χ1) is 13.2. The zero-order valence-electron chi connectivity index (χ0n) is 14.7. The fraction of sp³-hybridized carbons (Fsp3) is 0.294. The van der Waals surface area contributed by atoms with Crippen molar-refractivity contribution in [2.75, 3.05) is 18.6 Å². The Morgan fingerprint density at radius 1 is 1.26 bits per heavy atom. The predicted octanol–water partition coefficient (Wildman–Crippen LogP) is 0.860. The molecular weight excluding hydrogens is 366 g/mol. The van der Waals surface area contributed by atoms with Gasteiger partial charge in [0.2, 0.25) is 5.91 Å². The first kappa shape index (κ1) is 18.8. The van der Waals surface area contributed by atoms with E-state index in [0.29, 0.717) is 17.9 Å². The number of nitrogens with zero attached hydrogens (tertiary/aromatic N) is 5. The number of hydrogen-bond donors (Lipinski definition) is 2. The molecule has 3 aromatic heterocycles. The minimum absolute atomic E-state index is 0.160. The lowest BCUT2D eigenvalue weighted by molar-refractivity contribution is -0.121. The molecule has 0 aliphatic carbocycles. The zero-order valence-corrected chi connectivity index (χ0v) is 15.5. The molecule has 10 heteroatoms. The number of fused-ring (bicyclic) bond motifs is 1. The van der Waals surface area contributed by atoms with Crippen LogP contribution in [0.3, 0.4) is 0 Å². The highest BCUT2D eigenvalue weighted by Gasteiger charge is 2.20. The first-order valence-corrected chi connectivity index (χ1v) is 9.70. The summed E-state index contributed by atoms with van der Waals surface area (Å²) in [6.07, 6.45) is 8.80. The van der Waals surface area contributed by atoms with Crippen LogP contribution in [0.25, 0.3) is 5.65 Å². The van der Waals surface area contributed by atoms with E-state index in [1.54, 1.807) is 11.8 Å². The Labute approximate surface area is 160 Å². The minimum Gasteiger partial charge on any atom is -0.344 e. The summed E-state index contributed by atoms with van der Waals surface area (Å²) in [7, 11) is 0. The van der Waals surface area contributed by atoms with Crippen molar-refractivity contribution in [3.63, 3.8) is 0 Å². The molecule has 27 heavy (non-hydrogen) atoms. The van der Waals surface area contributed by atoms with E-state index < -0.39 is 5.91 Å². The van der Waals surface area contributed by atoms with Crippen molar-refractivity contribution in [3.05, 3.63) is 54.5 Å². The average molecular weight is 385 g/mol. The molecule has 0 fully saturated rings. The van der Waals surface area contributed by atoms with Gasteiger partial charge in [-0.1, -0.05) is 6.07 Å². The van der Waals surface area contributed by atoms with E-state index in [9.17, 15) is 9.59 Å². The largest absolute Gasteiger partial charge is 0.344 e. The highest BCUT2D eigenvalue weighted by molar-refractivity contribution is 7.98. The maximum atomic E-state index is 12.4. The van der Waals surface area contributed by atoms with Crippen LogP contribution in [0.15, 0.2) is 43.0 Å². The number of pyridine rings is 1. The van der Waals surface area contributed by atoms with Gasteiger partial charge in [0.05, 0.1) is 18.8 Å². The second kappa shape index (κ2) is 9.08. The highest BCUT2D eigenvalue weighted by Crippen LogP contribution is 2.18. The van der Waals surface area contributed by atoms with Crippen LogP contribution in [-0.4, -0.2) is 54.9 Å². The van der Waals surface area contributed by atoms with Crippen LogP contribution >= 0.6 is 11.8 Å². The Hall–Kier alpha value is -3.01. The molecule has 1 atom stereocenters. The molecule has 0 saturated heterocycles. The lowest BCUT2D eigenvalue weighted by Gasteiger charge is -2.17. The molecule has 3 aromatic rings. The van der Waals surface area contributed by atoms with Gasteiger partial charge in [0.15, 0.2) is 11.5 Å². The Kier molecular flexibility index (Phi) is 6.31. The fourth-order valence-electron chi connectivity index (χ4n) is 2.51.